The summed E-state index contributed by atoms with van der Waals surface area (Å²) in [5.74, 6) is 0.473. The number of hydrogen-bond acceptors (Lipinski definition) is 3. The number of rotatable bonds is 7. The van der Waals surface area contributed by atoms with Crippen molar-refractivity contribution < 1.29 is 14.3 Å². The Balaban J connectivity index is 1.72. The molecular formula is C23H22ClNO3. The molecule has 3 aromatic rings. The molecule has 144 valence electrons. The van der Waals surface area contributed by atoms with E-state index in [-0.39, 0.29) is 5.91 Å². The number of anilines is 1. The molecule has 5 heteroatoms. The maximum atomic E-state index is 12.7. The van der Waals surface area contributed by atoms with Gasteiger partial charge >= 0.3 is 0 Å². The summed E-state index contributed by atoms with van der Waals surface area (Å²) in [4.78, 5) is 12.7. The summed E-state index contributed by atoms with van der Waals surface area (Å²) >= 11 is 6.13. The first kappa shape index (κ1) is 19.9. The summed E-state index contributed by atoms with van der Waals surface area (Å²) in [6.45, 7) is 2.70. The molecule has 3 rings (SSSR count). The molecular weight excluding hydrogens is 374 g/mol. The highest BCUT2D eigenvalue weighted by atomic mass is 35.5. The van der Waals surface area contributed by atoms with Gasteiger partial charge in [0.25, 0.3) is 5.91 Å². The molecule has 0 aliphatic carbocycles. The molecule has 1 N–H and O–H groups in total. The Labute approximate surface area is 170 Å². The van der Waals surface area contributed by atoms with Gasteiger partial charge in [0.1, 0.15) is 5.75 Å². The monoisotopic (exact) mass is 395 g/mol. The predicted octanol–water partition coefficient (Wildman–Crippen LogP) is 5.63. The largest absolute Gasteiger partial charge is 0.496 e. The highest BCUT2D eigenvalue weighted by Crippen LogP contribution is 2.25. The standard InChI is InChI=1S/C23H22ClNO3/c1-16-20(24)9-6-10-21(16)25-23(26)18-11-12-22(27-2)19(13-18)15-28-14-17-7-4-3-5-8-17/h3-13H,14-15H2,1-2H3,(H,25,26). The van der Waals surface area contributed by atoms with Crippen molar-refractivity contribution in [2.24, 2.45) is 0 Å². The van der Waals surface area contributed by atoms with E-state index in [0.29, 0.717) is 35.2 Å². The minimum atomic E-state index is -0.211. The number of hydrogen-bond donors (Lipinski definition) is 1. The van der Waals surface area contributed by atoms with E-state index in [1.54, 1.807) is 31.4 Å². The molecule has 3 aromatic carbocycles. The minimum absolute atomic E-state index is 0.211. The van der Waals surface area contributed by atoms with Crippen LogP contribution < -0.4 is 10.1 Å². The Morgan fingerprint density at radius 3 is 2.54 bits per heavy atom. The third-order valence-corrected chi connectivity index (χ3v) is 4.84. The molecule has 0 radical (unpaired) electrons. The summed E-state index contributed by atoms with van der Waals surface area (Å²) in [5, 5.41) is 3.52. The van der Waals surface area contributed by atoms with Crippen LogP contribution in [0.3, 0.4) is 0 Å². The van der Waals surface area contributed by atoms with Gasteiger partial charge in [0.15, 0.2) is 0 Å². The fourth-order valence-corrected chi connectivity index (χ4v) is 3.00. The molecule has 0 atom stereocenters. The Kier molecular flexibility index (Phi) is 6.69. The Morgan fingerprint density at radius 1 is 1.00 bits per heavy atom. The summed E-state index contributed by atoms with van der Waals surface area (Å²) < 4.78 is 11.2. The molecule has 0 saturated heterocycles. The molecule has 0 heterocycles. The number of halogens is 1. The van der Waals surface area contributed by atoms with Crippen molar-refractivity contribution in [3.8, 4) is 5.75 Å². The number of methoxy groups -OCH3 is 1. The van der Waals surface area contributed by atoms with Gasteiger partial charge in [-0.05, 0) is 48.4 Å². The number of carbonyl (C=O) groups is 1. The molecule has 4 nitrogen and oxygen atoms in total. The van der Waals surface area contributed by atoms with Crippen LogP contribution >= 0.6 is 11.6 Å². The van der Waals surface area contributed by atoms with E-state index in [1.165, 1.54) is 0 Å². The van der Waals surface area contributed by atoms with Gasteiger partial charge in [-0.15, -0.1) is 0 Å². The molecule has 0 aliphatic rings. The topological polar surface area (TPSA) is 47.6 Å². The van der Waals surface area contributed by atoms with E-state index in [4.69, 9.17) is 21.1 Å². The van der Waals surface area contributed by atoms with Gasteiger partial charge in [0.05, 0.1) is 20.3 Å². The molecule has 28 heavy (non-hydrogen) atoms. The third kappa shape index (κ3) is 4.91. The Hall–Kier alpha value is -2.82. The zero-order valence-corrected chi connectivity index (χ0v) is 16.6. The van der Waals surface area contributed by atoms with Crippen LogP contribution in [-0.2, 0) is 18.0 Å². The highest BCUT2D eigenvalue weighted by Gasteiger charge is 2.12. The summed E-state index contributed by atoms with van der Waals surface area (Å²) in [6.07, 6.45) is 0. The van der Waals surface area contributed by atoms with Gasteiger partial charge in [-0.1, -0.05) is 48.0 Å². The fourth-order valence-electron chi connectivity index (χ4n) is 2.82. The summed E-state index contributed by atoms with van der Waals surface area (Å²) in [5.41, 5.74) is 3.95. The smallest absolute Gasteiger partial charge is 0.255 e. The minimum Gasteiger partial charge on any atom is -0.496 e. The molecule has 1 amide bonds. The summed E-state index contributed by atoms with van der Waals surface area (Å²) in [6, 6.07) is 20.7. The van der Waals surface area contributed by atoms with Gasteiger partial charge in [-0.3, -0.25) is 4.79 Å². The van der Waals surface area contributed by atoms with E-state index in [0.717, 1.165) is 16.7 Å². The van der Waals surface area contributed by atoms with E-state index in [1.807, 2.05) is 49.4 Å². The lowest BCUT2D eigenvalue weighted by Gasteiger charge is -2.13. The Morgan fingerprint density at radius 2 is 1.79 bits per heavy atom. The van der Waals surface area contributed by atoms with Crippen molar-refractivity contribution in [1.29, 1.82) is 0 Å². The average molecular weight is 396 g/mol. The van der Waals surface area contributed by atoms with E-state index >= 15 is 0 Å². The number of carbonyl (C=O) groups excluding carboxylic acids is 1. The van der Waals surface area contributed by atoms with Crippen molar-refractivity contribution >= 4 is 23.2 Å². The first-order valence-corrected chi connectivity index (χ1v) is 9.31. The highest BCUT2D eigenvalue weighted by molar-refractivity contribution is 6.31. The molecule has 0 bridgehead atoms. The lowest BCUT2D eigenvalue weighted by molar-refractivity contribution is 0.102. The maximum absolute atomic E-state index is 12.7. The molecule has 0 fully saturated rings. The van der Waals surface area contributed by atoms with Crippen molar-refractivity contribution in [3.63, 3.8) is 0 Å². The molecule has 0 aliphatic heterocycles. The molecule has 0 saturated carbocycles. The number of amides is 1. The van der Waals surface area contributed by atoms with Crippen molar-refractivity contribution in [2.75, 3.05) is 12.4 Å². The number of ether oxygens (including phenoxy) is 2. The van der Waals surface area contributed by atoms with Crippen LogP contribution in [0.25, 0.3) is 0 Å². The maximum Gasteiger partial charge on any atom is 0.255 e. The number of nitrogens with one attached hydrogen (secondary N) is 1. The van der Waals surface area contributed by atoms with Crippen LogP contribution in [-0.4, -0.2) is 13.0 Å². The van der Waals surface area contributed by atoms with Crippen LogP contribution in [0.2, 0.25) is 5.02 Å². The Bertz CT molecular complexity index is 957. The molecule has 0 spiro atoms. The second kappa shape index (κ2) is 9.40. The molecule has 0 unspecified atom stereocenters. The lowest BCUT2D eigenvalue weighted by Crippen LogP contribution is -2.13. The summed E-state index contributed by atoms with van der Waals surface area (Å²) in [7, 11) is 1.60. The van der Waals surface area contributed by atoms with Crippen LogP contribution in [0.4, 0.5) is 5.69 Å². The quantitative estimate of drug-likeness (QED) is 0.564. The van der Waals surface area contributed by atoms with Crippen LogP contribution in [0, 0.1) is 6.92 Å². The normalized spacial score (nSPS) is 10.5. The lowest BCUT2D eigenvalue weighted by atomic mass is 10.1. The van der Waals surface area contributed by atoms with Crippen LogP contribution in [0.15, 0.2) is 66.7 Å². The van der Waals surface area contributed by atoms with Crippen molar-refractivity contribution in [2.45, 2.75) is 20.1 Å². The van der Waals surface area contributed by atoms with Crippen LogP contribution in [0.1, 0.15) is 27.0 Å². The van der Waals surface area contributed by atoms with Gasteiger partial charge in [0.2, 0.25) is 0 Å². The van der Waals surface area contributed by atoms with Gasteiger partial charge < -0.3 is 14.8 Å². The van der Waals surface area contributed by atoms with E-state index < -0.39 is 0 Å². The predicted molar refractivity (Wildman–Crippen MR) is 112 cm³/mol. The first-order chi connectivity index (χ1) is 13.6. The van der Waals surface area contributed by atoms with E-state index in [2.05, 4.69) is 5.32 Å². The van der Waals surface area contributed by atoms with Crippen molar-refractivity contribution in [3.05, 3.63) is 94.0 Å². The second-order valence-electron chi connectivity index (χ2n) is 6.37. The zero-order valence-electron chi connectivity index (χ0n) is 15.9. The first-order valence-electron chi connectivity index (χ1n) is 8.93. The van der Waals surface area contributed by atoms with Crippen LogP contribution in [0.5, 0.6) is 5.75 Å². The third-order valence-electron chi connectivity index (χ3n) is 4.43. The molecule has 0 aromatic heterocycles. The number of benzene rings is 3. The van der Waals surface area contributed by atoms with Gasteiger partial charge in [0, 0.05) is 21.8 Å². The SMILES string of the molecule is COc1ccc(C(=O)Nc2cccc(Cl)c2C)cc1COCc1ccccc1. The average Bonchev–Trinajstić information content (AvgIpc) is 2.72. The fraction of sp³-hybridized carbons (Fsp3) is 0.174. The second-order valence-corrected chi connectivity index (χ2v) is 6.78. The van der Waals surface area contributed by atoms with Crippen molar-refractivity contribution in [1.82, 2.24) is 0 Å². The van der Waals surface area contributed by atoms with Gasteiger partial charge in [-0.2, -0.15) is 0 Å². The van der Waals surface area contributed by atoms with E-state index in [9.17, 15) is 4.79 Å². The van der Waals surface area contributed by atoms with Gasteiger partial charge in [-0.25, -0.2) is 0 Å². The zero-order chi connectivity index (χ0) is 19.9.